The summed E-state index contributed by atoms with van der Waals surface area (Å²) in [7, 11) is 0. The fourth-order valence-corrected chi connectivity index (χ4v) is 1.97. The van der Waals surface area contributed by atoms with E-state index in [1.807, 2.05) is 24.3 Å². The predicted molar refractivity (Wildman–Crippen MR) is 60.0 cm³/mol. The number of hydrogen-bond acceptors (Lipinski definition) is 2. The Morgan fingerprint density at radius 2 is 2.27 bits per heavy atom. The summed E-state index contributed by atoms with van der Waals surface area (Å²) in [6, 6.07) is 7.80. The minimum absolute atomic E-state index is 0.695. The van der Waals surface area contributed by atoms with Gasteiger partial charge in [-0.2, -0.15) is 5.26 Å². The second kappa shape index (κ2) is 2.93. The van der Waals surface area contributed by atoms with E-state index in [1.165, 1.54) is 5.57 Å². The maximum Gasteiger partial charge on any atom is 0.0991 e. The van der Waals surface area contributed by atoms with E-state index in [0.717, 1.165) is 23.4 Å². The zero-order chi connectivity index (χ0) is 10.3. The van der Waals surface area contributed by atoms with Crippen LogP contribution in [-0.4, -0.2) is 5.71 Å². The third kappa shape index (κ3) is 1.14. The lowest BCUT2D eigenvalue weighted by Crippen LogP contribution is -1.98. The maximum absolute atomic E-state index is 8.84. The minimum atomic E-state index is 0.695. The first-order valence-corrected chi connectivity index (χ1v) is 4.88. The molecule has 0 atom stereocenters. The summed E-state index contributed by atoms with van der Waals surface area (Å²) < 4.78 is 0. The lowest BCUT2D eigenvalue weighted by atomic mass is 9.96. The number of fused-ring (bicyclic) bond motifs is 3. The number of rotatable bonds is 0. The molecule has 1 aliphatic carbocycles. The summed E-state index contributed by atoms with van der Waals surface area (Å²) in [5.74, 6) is 0. The highest BCUT2D eigenvalue weighted by atomic mass is 14.8. The average molecular weight is 192 g/mol. The van der Waals surface area contributed by atoms with Crippen molar-refractivity contribution in [1.82, 2.24) is 0 Å². The number of hydrogen-bond donors (Lipinski definition) is 0. The average Bonchev–Trinajstić information content (AvgIpc) is 2.66. The molecule has 0 saturated carbocycles. The Kier molecular flexibility index (Phi) is 1.60. The smallest absolute Gasteiger partial charge is 0.0991 e. The fraction of sp³-hybridized carbons (Fsp3) is 0.0769. The topological polar surface area (TPSA) is 36.1 Å². The first-order valence-electron chi connectivity index (χ1n) is 4.88. The molecule has 0 fully saturated rings. The fourth-order valence-electron chi connectivity index (χ4n) is 1.97. The Morgan fingerprint density at radius 3 is 3.13 bits per heavy atom. The van der Waals surface area contributed by atoms with Gasteiger partial charge in [-0.1, -0.05) is 18.2 Å². The summed E-state index contributed by atoms with van der Waals surface area (Å²) in [6.45, 7) is 0. The van der Waals surface area contributed by atoms with Gasteiger partial charge in [-0.3, -0.25) is 4.99 Å². The van der Waals surface area contributed by atoms with Gasteiger partial charge < -0.3 is 0 Å². The van der Waals surface area contributed by atoms with E-state index in [0.29, 0.717) is 5.56 Å². The Balaban J connectivity index is 2.22. The zero-order valence-corrected chi connectivity index (χ0v) is 8.07. The molecule has 2 heteroatoms. The monoisotopic (exact) mass is 192 g/mol. The Labute approximate surface area is 87.9 Å². The third-order valence-electron chi connectivity index (χ3n) is 2.69. The molecule has 0 radical (unpaired) electrons. The molecule has 1 aromatic rings. The molecule has 0 saturated heterocycles. The highest BCUT2D eigenvalue weighted by Crippen LogP contribution is 2.37. The van der Waals surface area contributed by atoms with Crippen LogP contribution in [0.2, 0.25) is 0 Å². The van der Waals surface area contributed by atoms with Gasteiger partial charge in [0.05, 0.1) is 23.0 Å². The highest BCUT2D eigenvalue weighted by Gasteiger charge is 2.20. The van der Waals surface area contributed by atoms with Gasteiger partial charge in [0.1, 0.15) is 0 Å². The van der Waals surface area contributed by atoms with Crippen molar-refractivity contribution in [3.8, 4) is 6.07 Å². The van der Waals surface area contributed by atoms with Crippen molar-refractivity contribution in [3.63, 3.8) is 0 Å². The molecule has 1 aliphatic heterocycles. The van der Waals surface area contributed by atoms with Gasteiger partial charge in [0.2, 0.25) is 0 Å². The molecule has 70 valence electrons. The minimum Gasteiger partial charge on any atom is -0.252 e. The summed E-state index contributed by atoms with van der Waals surface area (Å²) in [6.07, 6.45) is 7.10. The van der Waals surface area contributed by atoms with Crippen LogP contribution >= 0.6 is 0 Å². The van der Waals surface area contributed by atoms with Gasteiger partial charge in [-0.05, 0) is 18.2 Å². The lowest BCUT2D eigenvalue weighted by molar-refractivity contribution is 1.44. The second-order valence-electron chi connectivity index (χ2n) is 3.61. The highest BCUT2D eigenvalue weighted by molar-refractivity contribution is 6.30. The van der Waals surface area contributed by atoms with Gasteiger partial charge in [0.25, 0.3) is 0 Å². The van der Waals surface area contributed by atoms with Gasteiger partial charge in [0, 0.05) is 17.6 Å². The normalized spacial score (nSPS) is 16.2. The number of aliphatic imine (C=N–C) groups is 1. The number of allylic oxidation sites excluding steroid dienone is 4. The molecule has 2 nitrogen and oxygen atoms in total. The molecular weight excluding hydrogens is 184 g/mol. The van der Waals surface area contributed by atoms with Crippen molar-refractivity contribution in [2.75, 3.05) is 0 Å². The van der Waals surface area contributed by atoms with E-state index < -0.39 is 0 Å². The van der Waals surface area contributed by atoms with Gasteiger partial charge in [0.15, 0.2) is 0 Å². The van der Waals surface area contributed by atoms with Crippen LogP contribution in [0.25, 0.3) is 5.57 Å². The van der Waals surface area contributed by atoms with Crippen molar-refractivity contribution in [1.29, 1.82) is 5.26 Å². The van der Waals surface area contributed by atoms with Crippen LogP contribution in [0.15, 0.2) is 41.4 Å². The molecule has 0 spiro atoms. The van der Waals surface area contributed by atoms with Crippen molar-refractivity contribution in [2.45, 2.75) is 6.42 Å². The van der Waals surface area contributed by atoms with Gasteiger partial charge >= 0.3 is 0 Å². The quantitative estimate of drug-likeness (QED) is 0.622. The maximum atomic E-state index is 8.84. The van der Waals surface area contributed by atoms with Crippen LogP contribution < -0.4 is 0 Å². The van der Waals surface area contributed by atoms with E-state index in [2.05, 4.69) is 23.2 Å². The lowest BCUT2D eigenvalue weighted by Gasteiger charge is -2.05. The number of benzene rings is 1. The Bertz CT molecular complexity index is 569. The molecule has 15 heavy (non-hydrogen) atoms. The van der Waals surface area contributed by atoms with Crippen LogP contribution in [0, 0.1) is 11.3 Å². The first-order chi connectivity index (χ1) is 7.38. The van der Waals surface area contributed by atoms with Crippen LogP contribution in [0.5, 0.6) is 0 Å². The molecule has 0 N–H and O–H groups in total. The third-order valence-corrected chi connectivity index (χ3v) is 2.69. The molecule has 0 unspecified atom stereocenters. The van der Waals surface area contributed by atoms with Crippen molar-refractivity contribution < 1.29 is 0 Å². The van der Waals surface area contributed by atoms with E-state index in [4.69, 9.17) is 5.26 Å². The summed E-state index contributed by atoms with van der Waals surface area (Å²) in [5, 5.41) is 8.84. The van der Waals surface area contributed by atoms with E-state index in [9.17, 15) is 0 Å². The molecule has 0 aromatic heterocycles. The number of nitriles is 1. The van der Waals surface area contributed by atoms with Crippen molar-refractivity contribution in [2.24, 2.45) is 4.99 Å². The summed E-state index contributed by atoms with van der Waals surface area (Å²) >= 11 is 0. The van der Waals surface area contributed by atoms with Crippen LogP contribution in [-0.2, 0) is 0 Å². The predicted octanol–water partition coefficient (Wildman–Crippen LogP) is 2.99. The zero-order valence-electron chi connectivity index (χ0n) is 8.07. The van der Waals surface area contributed by atoms with E-state index in [-0.39, 0.29) is 0 Å². The molecule has 1 aromatic carbocycles. The van der Waals surface area contributed by atoms with Gasteiger partial charge in [-0.25, -0.2) is 0 Å². The van der Waals surface area contributed by atoms with Crippen molar-refractivity contribution in [3.05, 3.63) is 47.6 Å². The van der Waals surface area contributed by atoms with Gasteiger partial charge in [-0.15, -0.1) is 0 Å². The van der Waals surface area contributed by atoms with Crippen LogP contribution in [0.1, 0.15) is 17.5 Å². The summed E-state index contributed by atoms with van der Waals surface area (Å²) in [4.78, 5) is 4.54. The van der Waals surface area contributed by atoms with Crippen LogP contribution in [0.4, 0.5) is 5.69 Å². The SMILES string of the molecule is N#Cc1ccc2c(c1)C1=CC=CCC1=N2. The Morgan fingerprint density at radius 1 is 1.33 bits per heavy atom. The molecule has 2 aliphatic rings. The van der Waals surface area contributed by atoms with E-state index >= 15 is 0 Å². The molecular formula is C13H8N2. The molecule has 0 bridgehead atoms. The van der Waals surface area contributed by atoms with Crippen LogP contribution in [0.3, 0.4) is 0 Å². The summed E-state index contributed by atoms with van der Waals surface area (Å²) in [5.41, 5.74) is 5.06. The molecule has 3 rings (SSSR count). The Hall–Kier alpha value is -2.14. The largest absolute Gasteiger partial charge is 0.252 e. The van der Waals surface area contributed by atoms with Crippen molar-refractivity contribution >= 4 is 17.0 Å². The van der Waals surface area contributed by atoms with E-state index in [1.54, 1.807) is 0 Å². The first kappa shape index (κ1) is 8.19. The standard InChI is InChI=1S/C13H8N2/c14-8-9-5-6-13-11(7-9)10-3-1-2-4-12(10)15-13/h1-3,5-7H,4H2. The second-order valence-corrected chi connectivity index (χ2v) is 3.61. The number of nitrogens with zero attached hydrogens (tertiary/aromatic N) is 2. The molecule has 0 amide bonds. The molecule has 1 heterocycles.